The van der Waals surface area contributed by atoms with Gasteiger partial charge in [0.15, 0.2) is 0 Å². The fourth-order valence-electron chi connectivity index (χ4n) is 2.35. The SMILES string of the molecule is Fc1cccc(F)c1CN1CCC(CCBr)C1. The van der Waals surface area contributed by atoms with Crippen molar-refractivity contribution in [3.63, 3.8) is 0 Å². The lowest BCUT2D eigenvalue weighted by molar-refractivity contribution is 0.304. The summed E-state index contributed by atoms with van der Waals surface area (Å²) in [4.78, 5) is 2.13. The molecule has 0 amide bonds. The van der Waals surface area contributed by atoms with E-state index in [0.717, 1.165) is 31.3 Å². The van der Waals surface area contributed by atoms with Gasteiger partial charge in [-0.25, -0.2) is 8.78 Å². The standard InChI is InChI=1S/C13H16BrF2N/c14-6-4-10-5-7-17(8-10)9-11-12(15)2-1-3-13(11)16/h1-3,10H,4-9H2. The van der Waals surface area contributed by atoms with Crippen molar-refractivity contribution >= 4 is 15.9 Å². The zero-order chi connectivity index (χ0) is 12.3. The molecule has 0 aromatic heterocycles. The molecule has 2 rings (SSSR count). The van der Waals surface area contributed by atoms with Gasteiger partial charge in [0, 0.05) is 24.0 Å². The molecular formula is C13H16BrF2N. The zero-order valence-corrected chi connectivity index (χ0v) is 11.2. The van der Waals surface area contributed by atoms with E-state index < -0.39 is 11.6 Å². The molecular weight excluding hydrogens is 288 g/mol. The third kappa shape index (κ3) is 3.26. The minimum atomic E-state index is -0.436. The molecule has 1 aliphatic rings. The number of halogens is 3. The topological polar surface area (TPSA) is 3.24 Å². The predicted octanol–water partition coefficient (Wildman–Crippen LogP) is 3.57. The second-order valence-corrected chi connectivity index (χ2v) is 5.36. The minimum Gasteiger partial charge on any atom is -0.299 e. The Kier molecular flexibility index (Phi) is 4.51. The van der Waals surface area contributed by atoms with Gasteiger partial charge in [-0.05, 0) is 37.4 Å². The molecule has 1 fully saturated rings. The van der Waals surface area contributed by atoms with Crippen LogP contribution in [0.4, 0.5) is 8.78 Å². The molecule has 94 valence electrons. The fraction of sp³-hybridized carbons (Fsp3) is 0.538. The lowest BCUT2D eigenvalue weighted by atomic mass is 10.1. The lowest BCUT2D eigenvalue weighted by Crippen LogP contribution is -2.21. The van der Waals surface area contributed by atoms with E-state index in [1.54, 1.807) is 0 Å². The quantitative estimate of drug-likeness (QED) is 0.769. The normalized spacial score (nSPS) is 21.0. The molecule has 1 atom stereocenters. The van der Waals surface area contributed by atoms with E-state index in [2.05, 4.69) is 20.8 Å². The summed E-state index contributed by atoms with van der Waals surface area (Å²) in [7, 11) is 0. The van der Waals surface area contributed by atoms with Crippen molar-refractivity contribution in [3.8, 4) is 0 Å². The summed E-state index contributed by atoms with van der Waals surface area (Å²) in [5.74, 6) is -0.216. The molecule has 0 bridgehead atoms. The molecule has 1 nitrogen and oxygen atoms in total. The number of likely N-dealkylation sites (tertiary alicyclic amines) is 1. The minimum absolute atomic E-state index is 0.201. The van der Waals surface area contributed by atoms with Crippen molar-refractivity contribution in [2.75, 3.05) is 18.4 Å². The number of benzene rings is 1. The highest BCUT2D eigenvalue weighted by Gasteiger charge is 2.23. The van der Waals surface area contributed by atoms with Gasteiger partial charge < -0.3 is 0 Å². The van der Waals surface area contributed by atoms with Crippen molar-refractivity contribution in [1.29, 1.82) is 0 Å². The van der Waals surface area contributed by atoms with Crippen molar-refractivity contribution in [2.45, 2.75) is 19.4 Å². The van der Waals surface area contributed by atoms with Crippen LogP contribution in [0, 0.1) is 17.6 Å². The van der Waals surface area contributed by atoms with Gasteiger partial charge in [0.1, 0.15) is 11.6 Å². The summed E-state index contributed by atoms with van der Waals surface area (Å²) < 4.78 is 26.9. The third-order valence-corrected chi connectivity index (χ3v) is 3.79. The molecule has 1 aromatic carbocycles. The molecule has 0 aliphatic carbocycles. The van der Waals surface area contributed by atoms with E-state index in [1.807, 2.05) is 0 Å². The van der Waals surface area contributed by atoms with Crippen LogP contribution in [-0.4, -0.2) is 23.3 Å². The maximum atomic E-state index is 13.5. The van der Waals surface area contributed by atoms with Crippen LogP contribution in [-0.2, 0) is 6.54 Å². The highest BCUT2D eigenvalue weighted by atomic mass is 79.9. The molecule has 0 N–H and O–H groups in total. The number of hydrogen-bond donors (Lipinski definition) is 0. The average molecular weight is 304 g/mol. The summed E-state index contributed by atoms with van der Waals surface area (Å²) in [5, 5.41) is 1.000. The van der Waals surface area contributed by atoms with E-state index in [4.69, 9.17) is 0 Å². The summed E-state index contributed by atoms with van der Waals surface area (Å²) in [6, 6.07) is 4.06. The van der Waals surface area contributed by atoms with Gasteiger partial charge in [-0.15, -0.1) is 0 Å². The summed E-state index contributed by atoms with van der Waals surface area (Å²) in [6.45, 7) is 2.27. The molecule has 0 spiro atoms. The monoisotopic (exact) mass is 303 g/mol. The van der Waals surface area contributed by atoms with E-state index in [9.17, 15) is 8.78 Å². The van der Waals surface area contributed by atoms with Gasteiger partial charge in [0.25, 0.3) is 0 Å². The maximum absolute atomic E-state index is 13.5. The lowest BCUT2D eigenvalue weighted by Gasteiger charge is -2.16. The van der Waals surface area contributed by atoms with Crippen LogP contribution in [0.25, 0.3) is 0 Å². The largest absolute Gasteiger partial charge is 0.299 e. The van der Waals surface area contributed by atoms with E-state index in [1.165, 1.54) is 18.2 Å². The second-order valence-electron chi connectivity index (χ2n) is 4.57. The first kappa shape index (κ1) is 13.0. The van der Waals surface area contributed by atoms with Gasteiger partial charge in [-0.1, -0.05) is 22.0 Å². The molecule has 1 heterocycles. The van der Waals surface area contributed by atoms with Crippen molar-refractivity contribution < 1.29 is 8.78 Å². The Morgan fingerprint density at radius 3 is 2.65 bits per heavy atom. The zero-order valence-electron chi connectivity index (χ0n) is 9.63. The summed E-state index contributed by atoms with van der Waals surface area (Å²) in [5.41, 5.74) is 0.201. The molecule has 1 saturated heterocycles. The molecule has 1 aromatic rings. The van der Waals surface area contributed by atoms with E-state index in [-0.39, 0.29) is 5.56 Å². The number of rotatable bonds is 4. The molecule has 0 radical (unpaired) electrons. The van der Waals surface area contributed by atoms with Gasteiger partial charge in [-0.2, -0.15) is 0 Å². The van der Waals surface area contributed by atoms with Gasteiger partial charge in [0.2, 0.25) is 0 Å². The predicted molar refractivity (Wildman–Crippen MR) is 68.2 cm³/mol. The molecule has 0 saturated carbocycles. The number of nitrogens with zero attached hydrogens (tertiary/aromatic N) is 1. The van der Waals surface area contributed by atoms with Crippen LogP contribution >= 0.6 is 15.9 Å². The highest BCUT2D eigenvalue weighted by molar-refractivity contribution is 9.09. The third-order valence-electron chi connectivity index (χ3n) is 3.33. The summed E-state index contributed by atoms with van der Waals surface area (Å²) in [6.07, 6.45) is 2.26. The Balaban J connectivity index is 1.98. The average Bonchev–Trinajstić information content (AvgIpc) is 2.72. The van der Waals surface area contributed by atoms with Crippen molar-refractivity contribution in [3.05, 3.63) is 35.4 Å². The van der Waals surface area contributed by atoms with Crippen molar-refractivity contribution in [1.82, 2.24) is 4.90 Å². The van der Waals surface area contributed by atoms with Crippen LogP contribution in [0.2, 0.25) is 0 Å². The Bertz CT molecular complexity index is 363. The van der Waals surface area contributed by atoms with Crippen molar-refractivity contribution in [2.24, 2.45) is 5.92 Å². The first-order valence-corrected chi connectivity index (χ1v) is 7.04. The number of alkyl halides is 1. The smallest absolute Gasteiger partial charge is 0.130 e. The first-order valence-electron chi connectivity index (χ1n) is 5.92. The second kappa shape index (κ2) is 5.91. The van der Waals surface area contributed by atoms with Crippen LogP contribution in [0.15, 0.2) is 18.2 Å². The first-order chi connectivity index (χ1) is 8.20. The Labute approximate surface area is 109 Å². The van der Waals surface area contributed by atoms with Crippen LogP contribution in [0.1, 0.15) is 18.4 Å². The maximum Gasteiger partial charge on any atom is 0.130 e. The molecule has 4 heteroatoms. The van der Waals surface area contributed by atoms with Crippen LogP contribution in [0.5, 0.6) is 0 Å². The fourth-order valence-corrected chi connectivity index (χ4v) is 3.00. The van der Waals surface area contributed by atoms with Gasteiger partial charge >= 0.3 is 0 Å². The highest BCUT2D eigenvalue weighted by Crippen LogP contribution is 2.23. The summed E-state index contributed by atoms with van der Waals surface area (Å²) >= 11 is 3.43. The van der Waals surface area contributed by atoms with E-state index in [0.29, 0.717) is 12.5 Å². The Morgan fingerprint density at radius 2 is 2.00 bits per heavy atom. The number of hydrogen-bond acceptors (Lipinski definition) is 1. The van der Waals surface area contributed by atoms with E-state index >= 15 is 0 Å². The molecule has 1 unspecified atom stereocenters. The Morgan fingerprint density at radius 1 is 1.29 bits per heavy atom. The van der Waals surface area contributed by atoms with Crippen LogP contribution in [0.3, 0.4) is 0 Å². The molecule has 1 aliphatic heterocycles. The van der Waals surface area contributed by atoms with Gasteiger partial charge in [-0.3, -0.25) is 4.90 Å². The Hall–Kier alpha value is -0.480. The van der Waals surface area contributed by atoms with Crippen LogP contribution < -0.4 is 0 Å². The van der Waals surface area contributed by atoms with Gasteiger partial charge in [0.05, 0.1) is 0 Å². The molecule has 17 heavy (non-hydrogen) atoms.